The van der Waals surface area contributed by atoms with Gasteiger partial charge in [-0.25, -0.2) is 13.9 Å². The van der Waals surface area contributed by atoms with Crippen LogP contribution >= 0.6 is 15.6 Å². The van der Waals surface area contributed by atoms with Gasteiger partial charge in [0.05, 0.1) is 25.4 Å². The molecule has 0 radical (unpaired) electrons. The molecule has 0 saturated carbocycles. The van der Waals surface area contributed by atoms with Crippen molar-refractivity contribution in [2.45, 2.75) is 224 Å². The average molecular weight is 1060 g/mol. The number of nitrogens with two attached hydrogens (primary N) is 1. The van der Waals surface area contributed by atoms with Crippen LogP contribution in [0.15, 0.2) is 53.5 Å². The summed E-state index contributed by atoms with van der Waals surface area (Å²) < 4.78 is 62.6. The highest BCUT2D eigenvalue weighted by Gasteiger charge is 2.46. The van der Waals surface area contributed by atoms with Gasteiger partial charge in [-0.15, -0.1) is 0 Å². The Bertz CT molecular complexity index is 1930. The first-order chi connectivity index (χ1) is 34.5. The Balaban J connectivity index is 1.40. The van der Waals surface area contributed by atoms with Crippen LogP contribution in [0.5, 0.6) is 0 Å². The molecule has 3 rings (SSSR count). The Labute approximate surface area is 427 Å². The molecular formula is C51H87N3O16P2. The number of anilines is 1. The van der Waals surface area contributed by atoms with Crippen molar-refractivity contribution in [3.63, 3.8) is 0 Å². The minimum Gasteiger partial charge on any atom is -0.462 e. The molecule has 0 aliphatic carbocycles. The van der Waals surface area contributed by atoms with Gasteiger partial charge in [0.15, 0.2) is 12.3 Å². The molecule has 2 aliphatic heterocycles. The predicted octanol–water partition coefficient (Wildman–Crippen LogP) is 10.0. The monoisotopic (exact) mass is 1060 g/mol. The number of hydrogen-bond donors (Lipinski definition) is 5. The Morgan fingerprint density at radius 1 is 0.722 bits per heavy atom. The molecule has 72 heavy (non-hydrogen) atoms. The Kier molecular flexibility index (Phi) is 31.6. The molecule has 4 unspecified atom stereocenters. The number of epoxide rings is 1. The lowest BCUT2D eigenvalue weighted by Crippen LogP contribution is -2.36. The van der Waals surface area contributed by atoms with Crippen molar-refractivity contribution in [2.75, 3.05) is 25.6 Å². The normalized spacial score (nSPS) is 22.2. The number of unbranched alkanes of at least 4 members (excludes halogenated alkanes) is 16. The molecule has 0 amide bonds. The van der Waals surface area contributed by atoms with E-state index in [2.05, 4.69) is 54.4 Å². The fourth-order valence-electron chi connectivity index (χ4n) is 8.06. The third-order valence-corrected chi connectivity index (χ3v) is 14.9. The van der Waals surface area contributed by atoms with Crippen molar-refractivity contribution in [3.8, 4) is 0 Å². The van der Waals surface area contributed by atoms with E-state index in [1.54, 1.807) is 0 Å². The maximum Gasteiger partial charge on any atom is 0.481 e. The van der Waals surface area contributed by atoms with Gasteiger partial charge in [0.25, 0.3) is 0 Å². The maximum absolute atomic E-state index is 12.9. The summed E-state index contributed by atoms with van der Waals surface area (Å²) in [5, 5.41) is 20.9. The smallest absolute Gasteiger partial charge is 0.462 e. The Morgan fingerprint density at radius 3 is 1.93 bits per heavy atom. The highest BCUT2D eigenvalue weighted by Crippen LogP contribution is 2.60. The number of ether oxygens (including phenoxy) is 4. The van der Waals surface area contributed by atoms with Crippen LogP contribution in [0.4, 0.5) is 5.82 Å². The second kappa shape index (κ2) is 36.0. The fraction of sp³-hybridized carbons (Fsp3) is 0.765. The number of esters is 2. The number of nitrogen functional groups attached to an aromatic ring is 1. The van der Waals surface area contributed by atoms with Gasteiger partial charge < -0.3 is 44.7 Å². The van der Waals surface area contributed by atoms with Crippen LogP contribution < -0.4 is 11.4 Å². The van der Waals surface area contributed by atoms with Crippen LogP contribution in [-0.4, -0.2) is 97.9 Å². The van der Waals surface area contributed by atoms with Crippen LogP contribution in [0.2, 0.25) is 0 Å². The van der Waals surface area contributed by atoms with Crippen molar-refractivity contribution >= 4 is 33.4 Å². The van der Waals surface area contributed by atoms with Gasteiger partial charge in [-0.1, -0.05) is 154 Å². The van der Waals surface area contributed by atoms with Crippen molar-refractivity contribution in [1.82, 2.24) is 9.55 Å². The zero-order chi connectivity index (χ0) is 52.6. The van der Waals surface area contributed by atoms with E-state index >= 15 is 0 Å². The lowest BCUT2D eigenvalue weighted by Gasteiger charge is -2.21. The molecule has 0 aromatic carbocycles. The number of phosphoric acid groups is 2. The quantitative estimate of drug-likeness (QED) is 0.0134. The summed E-state index contributed by atoms with van der Waals surface area (Å²) in [5.41, 5.74) is 4.59. The average Bonchev–Trinajstić information content (AvgIpc) is 4.02. The van der Waals surface area contributed by atoms with E-state index in [1.807, 2.05) is 12.2 Å². The number of carbonyl (C=O) groups excluding carboxylic acids is 2. The molecule has 6 N–H and O–H groups in total. The van der Waals surface area contributed by atoms with Crippen molar-refractivity contribution in [3.05, 3.63) is 59.2 Å². The fourth-order valence-corrected chi connectivity index (χ4v) is 10.2. The SMILES string of the molecule is CCCCC/C=C\CC1OC1C/C=C\C/C=C\CCCC(=O)O[C@H](COC(=O)CCCCCCCCCCCCCCCC(C)C)COP(=O)(O)OP(=O)(O)OC[C@H]1O[C@@H](n2ccc(N)nc2=O)[C@H](O)[C@@H]1O. The number of nitrogens with zero attached hydrogens (tertiary/aromatic N) is 2. The highest BCUT2D eigenvalue weighted by atomic mass is 31.3. The summed E-state index contributed by atoms with van der Waals surface area (Å²) >= 11 is 0. The maximum atomic E-state index is 12.9. The lowest BCUT2D eigenvalue weighted by atomic mass is 10.0. The van der Waals surface area contributed by atoms with Gasteiger partial charge in [0, 0.05) is 19.0 Å². The summed E-state index contributed by atoms with van der Waals surface area (Å²) in [5.74, 6) is -0.580. The minimum atomic E-state index is -5.44. The number of hydrogen-bond acceptors (Lipinski definition) is 16. The standard InChI is InChI=1S/C51H87N3O16P2/c1-4-5-6-7-21-26-31-42-43(68-42)32-27-22-17-15-19-24-29-34-47(56)67-41(37-64-46(55)33-28-23-18-14-12-10-8-9-11-13-16-20-25-30-40(2)3)38-65-71(60,61)70-72(62,63)66-39-44-48(57)49(58)50(69-44)54-36-35-45(52)53-51(54)59/h15,19,21-22,26-27,35-36,40-44,48-50,57-58H,4-14,16-18,20,23-25,28-34,37-39H2,1-3H3,(H,60,61)(H,62,63)(H2,52,53,59)/b19-15-,26-21-,27-22-/t41-,42?,43?,44-,48-,49-,50-/m1/s1. The number of carbonyl (C=O) groups is 2. The van der Waals surface area contributed by atoms with Gasteiger partial charge in [-0.05, 0) is 63.4 Å². The lowest BCUT2D eigenvalue weighted by molar-refractivity contribution is -0.161. The summed E-state index contributed by atoms with van der Waals surface area (Å²) in [4.78, 5) is 62.0. The van der Waals surface area contributed by atoms with Crippen LogP contribution in [0.1, 0.15) is 188 Å². The summed E-state index contributed by atoms with van der Waals surface area (Å²) in [6, 6.07) is 1.25. The van der Waals surface area contributed by atoms with Crippen molar-refractivity contribution < 1.29 is 71.0 Å². The number of aliphatic hydroxyl groups is 2. The number of aliphatic hydroxyl groups excluding tert-OH is 2. The van der Waals surface area contributed by atoms with Gasteiger partial charge >= 0.3 is 33.3 Å². The molecule has 0 spiro atoms. The second-order valence-electron chi connectivity index (χ2n) is 19.2. The van der Waals surface area contributed by atoms with E-state index in [0.717, 1.165) is 68.0 Å². The summed E-state index contributed by atoms with van der Waals surface area (Å²) in [6.07, 6.45) is 31.2. The molecule has 3 heterocycles. The van der Waals surface area contributed by atoms with Crippen LogP contribution in [0.3, 0.4) is 0 Å². The molecular weight excluding hydrogens is 973 g/mol. The van der Waals surface area contributed by atoms with Gasteiger partial charge in [0.1, 0.15) is 30.7 Å². The first-order valence-corrected chi connectivity index (χ1v) is 29.5. The third kappa shape index (κ3) is 28.6. The first-order valence-electron chi connectivity index (χ1n) is 26.5. The van der Waals surface area contributed by atoms with E-state index in [-0.39, 0.29) is 24.8 Å². The van der Waals surface area contributed by atoms with E-state index < -0.39 is 83.7 Å². The minimum absolute atomic E-state index is 0.0300. The number of rotatable bonds is 42. The molecule has 19 nitrogen and oxygen atoms in total. The largest absolute Gasteiger partial charge is 0.481 e. The highest BCUT2D eigenvalue weighted by molar-refractivity contribution is 7.61. The first kappa shape index (κ1) is 63.2. The van der Waals surface area contributed by atoms with Crippen molar-refractivity contribution in [1.29, 1.82) is 0 Å². The van der Waals surface area contributed by atoms with E-state index in [9.17, 15) is 43.5 Å². The number of aromatic nitrogens is 2. The topological polar surface area (TPSA) is 278 Å². The molecule has 1 aromatic rings. The molecule has 2 fully saturated rings. The molecule has 412 valence electrons. The van der Waals surface area contributed by atoms with E-state index in [0.29, 0.717) is 25.4 Å². The Hall–Kier alpha value is -3.06. The summed E-state index contributed by atoms with van der Waals surface area (Å²) in [7, 11) is -10.9. The Morgan fingerprint density at radius 2 is 1.29 bits per heavy atom. The molecule has 2 aliphatic rings. The van der Waals surface area contributed by atoms with Gasteiger partial charge in [0.2, 0.25) is 0 Å². The van der Waals surface area contributed by atoms with Gasteiger partial charge in [-0.2, -0.15) is 9.29 Å². The van der Waals surface area contributed by atoms with Crippen LogP contribution in [-0.2, 0) is 51.0 Å². The zero-order valence-electron chi connectivity index (χ0n) is 43.1. The van der Waals surface area contributed by atoms with E-state index in [4.69, 9.17) is 33.7 Å². The predicted molar refractivity (Wildman–Crippen MR) is 274 cm³/mol. The van der Waals surface area contributed by atoms with E-state index in [1.165, 1.54) is 83.1 Å². The number of phosphoric ester groups is 2. The third-order valence-electron chi connectivity index (χ3n) is 12.3. The second-order valence-corrected chi connectivity index (χ2v) is 22.3. The molecule has 2 saturated heterocycles. The van der Waals surface area contributed by atoms with Crippen LogP contribution in [0, 0.1) is 5.92 Å². The molecule has 21 heteroatoms. The van der Waals surface area contributed by atoms with Crippen molar-refractivity contribution in [2.24, 2.45) is 5.92 Å². The number of allylic oxidation sites excluding steroid dienone is 4. The van der Waals surface area contributed by atoms with Crippen LogP contribution in [0.25, 0.3) is 0 Å². The molecule has 1 aromatic heterocycles. The molecule has 0 bridgehead atoms. The molecule has 9 atom stereocenters. The van der Waals surface area contributed by atoms with Gasteiger partial charge in [-0.3, -0.25) is 23.2 Å². The zero-order valence-corrected chi connectivity index (χ0v) is 44.9. The summed E-state index contributed by atoms with van der Waals surface area (Å²) in [6.45, 7) is 4.39.